The first-order valence-corrected chi connectivity index (χ1v) is 5.11. The Morgan fingerprint density at radius 2 is 2.41 bits per heavy atom. The van der Waals surface area contributed by atoms with E-state index in [4.69, 9.17) is 10.9 Å². The lowest BCUT2D eigenvalue weighted by atomic mass is 10.0. The maximum Gasteiger partial charge on any atom is 0.231 e. The van der Waals surface area contributed by atoms with E-state index in [1.807, 2.05) is 0 Å². The van der Waals surface area contributed by atoms with Gasteiger partial charge >= 0.3 is 0 Å². The van der Waals surface area contributed by atoms with Gasteiger partial charge < -0.3 is 16.3 Å². The van der Waals surface area contributed by atoms with Crippen LogP contribution in [0.3, 0.4) is 0 Å². The quantitative estimate of drug-likeness (QED) is 0.229. The number of tetrazole rings is 1. The summed E-state index contributed by atoms with van der Waals surface area (Å²) in [5, 5.41) is 27.2. The van der Waals surface area contributed by atoms with Crippen molar-refractivity contribution in [3.63, 3.8) is 0 Å². The van der Waals surface area contributed by atoms with Crippen LogP contribution in [0.5, 0.6) is 0 Å². The summed E-state index contributed by atoms with van der Waals surface area (Å²) in [6.07, 6.45) is 0.431. The van der Waals surface area contributed by atoms with Gasteiger partial charge in [-0.1, -0.05) is 17.3 Å². The summed E-state index contributed by atoms with van der Waals surface area (Å²) in [6, 6.07) is -0.401. The van der Waals surface area contributed by atoms with Gasteiger partial charge in [-0.05, 0) is 13.3 Å². The molecule has 0 spiro atoms. The summed E-state index contributed by atoms with van der Waals surface area (Å²) in [5.41, 5.74) is 5.41. The Morgan fingerprint density at radius 1 is 1.71 bits per heavy atom. The smallest absolute Gasteiger partial charge is 0.231 e. The van der Waals surface area contributed by atoms with E-state index in [-0.39, 0.29) is 11.7 Å². The second-order valence-corrected chi connectivity index (χ2v) is 3.49. The van der Waals surface area contributed by atoms with E-state index in [1.54, 1.807) is 13.8 Å². The van der Waals surface area contributed by atoms with Crippen molar-refractivity contribution in [1.82, 2.24) is 25.9 Å². The third-order valence-corrected chi connectivity index (χ3v) is 2.31. The number of nitrogens with one attached hydrogen (secondary N) is 2. The number of H-pyrrole nitrogens is 1. The van der Waals surface area contributed by atoms with Crippen molar-refractivity contribution in [1.29, 1.82) is 0 Å². The molecule has 1 aromatic rings. The minimum Gasteiger partial charge on any atom is -0.409 e. The predicted octanol–water partition coefficient (Wildman–Crippen LogP) is -0.850. The molecule has 5 N–H and O–H groups in total. The predicted molar refractivity (Wildman–Crippen MR) is 57.9 cm³/mol. The molecule has 2 unspecified atom stereocenters. The molecule has 0 aliphatic carbocycles. The van der Waals surface area contributed by atoms with E-state index in [2.05, 4.69) is 31.1 Å². The van der Waals surface area contributed by atoms with Gasteiger partial charge in [-0.25, -0.2) is 0 Å². The summed E-state index contributed by atoms with van der Waals surface area (Å²) in [5.74, 6) is -0.771. The number of carbonyl (C=O) groups is 1. The maximum absolute atomic E-state index is 11.8. The summed E-state index contributed by atoms with van der Waals surface area (Å²) < 4.78 is 0. The summed E-state index contributed by atoms with van der Waals surface area (Å²) in [7, 11) is 0. The zero-order valence-corrected chi connectivity index (χ0v) is 9.58. The van der Waals surface area contributed by atoms with Crippen molar-refractivity contribution in [3.05, 3.63) is 5.82 Å². The van der Waals surface area contributed by atoms with Crippen LogP contribution in [-0.2, 0) is 4.79 Å². The molecule has 0 fully saturated rings. The second kappa shape index (κ2) is 5.77. The molecular formula is C8H15N7O2. The van der Waals surface area contributed by atoms with E-state index < -0.39 is 12.0 Å². The SMILES string of the molecule is CCC(C(=O)NC(C)c1nn[nH]n1)C(N)=NO. The zero-order valence-electron chi connectivity index (χ0n) is 9.58. The summed E-state index contributed by atoms with van der Waals surface area (Å²) in [4.78, 5) is 11.8. The minimum atomic E-state index is -0.672. The Balaban J connectivity index is 2.65. The van der Waals surface area contributed by atoms with Gasteiger partial charge in [0, 0.05) is 0 Å². The normalized spacial score (nSPS) is 15.3. The molecular weight excluding hydrogens is 226 g/mol. The number of amides is 1. The Kier molecular flexibility index (Phi) is 4.37. The number of oxime groups is 1. The van der Waals surface area contributed by atoms with Crippen LogP contribution < -0.4 is 11.1 Å². The number of nitrogens with zero attached hydrogens (tertiary/aromatic N) is 4. The molecule has 9 nitrogen and oxygen atoms in total. The van der Waals surface area contributed by atoms with Crippen LogP contribution in [0, 0.1) is 5.92 Å². The summed E-state index contributed by atoms with van der Waals surface area (Å²) >= 11 is 0. The van der Waals surface area contributed by atoms with E-state index in [9.17, 15) is 4.79 Å². The van der Waals surface area contributed by atoms with E-state index >= 15 is 0 Å². The lowest BCUT2D eigenvalue weighted by Crippen LogP contribution is -2.39. The van der Waals surface area contributed by atoms with Crippen molar-refractivity contribution in [3.8, 4) is 0 Å². The molecule has 1 amide bonds. The fourth-order valence-electron chi connectivity index (χ4n) is 1.33. The lowest BCUT2D eigenvalue weighted by Gasteiger charge is -2.16. The maximum atomic E-state index is 11.8. The second-order valence-electron chi connectivity index (χ2n) is 3.49. The van der Waals surface area contributed by atoms with Crippen molar-refractivity contribution >= 4 is 11.7 Å². The molecule has 1 heterocycles. The number of rotatable bonds is 5. The van der Waals surface area contributed by atoms with E-state index in [0.29, 0.717) is 12.2 Å². The molecule has 0 saturated carbocycles. The van der Waals surface area contributed by atoms with Gasteiger partial charge in [0.15, 0.2) is 11.7 Å². The Labute approximate surface area is 97.5 Å². The molecule has 0 bridgehead atoms. The van der Waals surface area contributed by atoms with Crippen molar-refractivity contribution < 1.29 is 10.0 Å². The standard InChI is InChI=1S/C8H15N7O2/c1-3-5(6(9)13-17)8(16)10-4(2)7-11-14-15-12-7/h4-5,17H,3H2,1-2H3,(H2,9,13)(H,10,16)(H,11,12,14,15). The first-order valence-electron chi connectivity index (χ1n) is 5.11. The highest BCUT2D eigenvalue weighted by atomic mass is 16.4. The van der Waals surface area contributed by atoms with Gasteiger partial charge in [0.05, 0.1) is 12.0 Å². The number of aromatic nitrogens is 4. The third kappa shape index (κ3) is 3.13. The number of nitrogens with two attached hydrogens (primary N) is 1. The molecule has 1 rings (SSSR count). The zero-order chi connectivity index (χ0) is 12.8. The van der Waals surface area contributed by atoms with Gasteiger partial charge in [0.1, 0.15) is 0 Å². The molecule has 9 heteroatoms. The van der Waals surface area contributed by atoms with Crippen LogP contribution in [0.15, 0.2) is 5.16 Å². The van der Waals surface area contributed by atoms with Gasteiger partial charge in [0.2, 0.25) is 5.91 Å². The van der Waals surface area contributed by atoms with Crippen LogP contribution >= 0.6 is 0 Å². The molecule has 0 aromatic carbocycles. The van der Waals surface area contributed by atoms with Gasteiger partial charge in [-0.3, -0.25) is 4.79 Å². The lowest BCUT2D eigenvalue weighted by molar-refractivity contribution is -0.123. The van der Waals surface area contributed by atoms with Crippen molar-refractivity contribution in [2.75, 3.05) is 0 Å². The minimum absolute atomic E-state index is 0.120. The molecule has 0 aliphatic rings. The average Bonchev–Trinajstić information content (AvgIpc) is 2.83. The Bertz CT molecular complexity index is 389. The monoisotopic (exact) mass is 241 g/mol. The molecule has 2 atom stereocenters. The van der Waals surface area contributed by atoms with Crippen LogP contribution in [0.4, 0.5) is 0 Å². The number of aromatic amines is 1. The first-order chi connectivity index (χ1) is 8.10. The first kappa shape index (κ1) is 12.9. The Hall–Kier alpha value is -2.19. The number of hydrogen-bond acceptors (Lipinski definition) is 6. The van der Waals surface area contributed by atoms with Crippen molar-refractivity contribution in [2.24, 2.45) is 16.8 Å². The topological polar surface area (TPSA) is 142 Å². The van der Waals surface area contributed by atoms with Crippen LogP contribution in [0.2, 0.25) is 0 Å². The highest BCUT2D eigenvalue weighted by Gasteiger charge is 2.23. The molecule has 0 aliphatic heterocycles. The van der Waals surface area contributed by atoms with Crippen LogP contribution in [-0.4, -0.2) is 37.6 Å². The van der Waals surface area contributed by atoms with Crippen molar-refractivity contribution in [2.45, 2.75) is 26.3 Å². The largest absolute Gasteiger partial charge is 0.409 e. The van der Waals surface area contributed by atoms with Gasteiger partial charge in [-0.2, -0.15) is 5.21 Å². The fraction of sp³-hybridized carbons (Fsp3) is 0.625. The number of hydrogen-bond donors (Lipinski definition) is 4. The summed E-state index contributed by atoms with van der Waals surface area (Å²) in [6.45, 7) is 3.48. The third-order valence-electron chi connectivity index (χ3n) is 2.31. The Morgan fingerprint density at radius 3 is 2.88 bits per heavy atom. The molecule has 17 heavy (non-hydrogen) atoms. The van der Waals surface area contributed by atoms with E-state index in [1.165, 1.54) is 0 Å². The fourth-order valence-corrected chi connectivity index (χ4v) is 1.33. The van der Waals surface area contributed by atoms with Crippen LogP contribution in [0.1, 0.15) is 32.1 Å². The highest BCUT2D eigenvalue weighted by molar-refractivity contribution is 6.02. The molecule has 1 aromatic heterocycles. The van der Waals surface area contributed by atoms with Crippen LogP contribution in [0.25, 0.3) is 0 Å². The molecule has 0 radical (unpaired) electrons. The molecule has 94 valence electrons. The van der Waals surface area contributed by atoms with E-state index in [0.717, 1.165) is 0 Å². The number of carbonyl (C=O) groups excluding carboxylic acids is 1. The molecule has 0 saturated heterocycles. The van der Waals surface area contributed by atoms with Gasteiger partial charge in [-0.15, -0.1) is 10.2 Å². The highest BCUT2D eigenvalue weighted by Crippen LogP contribution is 2.08. The number of amidine groups is 1. The van der Waals surface area contributed by atoms with Gasteiger partial charge in [0.25, 0.3) is 0 Å². The average molecular weight is 241 g/mol.